The topological polar surface area (TPSA) is 43.1 Å². The monoisotopic (exact) mass is 213 g/mol. The molecular weight excluding hydrogens is 198 g/mol. The highest BCUT2D eigenvalue weighted by Crippen LogP contribution is 2.08. The number of hydrogen-bond acceptors (Lipinski definition) is 2. The molecule has 1 rings (SSSR count). The number of halogens is 1. The predicted octanol–water partition coefficient (Wildman–Crippen LogP) is 1.81. The Morgan fingerprint density at radius 2 is 1.93 bits per heavy atom. The van der Waals surface area contributed by atoms with Crippen molar-refractivity contribution in [1.29, 1.82) is 0 Å². The van der Waals surface area contributed by atoms with Gasteiger partial charge in [0, 0.05) is 12.5 Å². The Labute approximate surface area is 90.9 Å². The Hall–Kier alpha value is -0.860. The first-order chi connectivity index (χ1) is 6.24. The highest BCUT2D eigenvalue weighted by atomic mass is 35.5. The van der Waals surface area contributed by atoms with Gasteiger partial charge in [0.2, 0.25) is 0 Å². The van der Waals surface area contributed by atoms with Crippen LogP contribution in [-0.4, -0.2) is 12.3 Å². The molecule has 1 atom stereocenters. The number of carbonyl (C=O) groups is 1. The molecule has 1 aromatic rings. The van der Waals surface area contributed by atoms with Crippen molar-refractivity contribution < 1.29 is 4.79 Å². The summed E-state index contributed by atoms with van der Waals surface area (Å²) in [4.78, 5) is 11.1. The minimum atomic E-state index is -0.0256. The van der Waals surface area contributed by atoms with E-state index in [2.05, 4.69) is 0 Å². The molecule has 0 amide bonds. The van der Waals surface area contributed by atoms with Gasteiger partial charge in [-0.2, -0.15) is 0 Å². The minimum Gasteiger partial charge on any atom is -0.330 e. The van der Waals surface area contributed by atoms with Crippen LogP contribution in [0.5, 0.6) is 0 Å². The molecule has 0 aliphatic carbocycles. The maximum absolute atomic E-state index is 11.1. The Kier molecular flexibility index (Phi) is 6.17. The van der Waals surface area contributed by atoms with Crippen LogP contribution in [0.3, 0.4) is 0 Å². The number of benzene rings is 1. The lowest BCUT2D eigenvalue weighted by molar-refractivity contribution is -0.120. The molecule has 0 bridgehead atoms. The fourth-order valence-electron chi connectivity index (χ4n) is 1.29. The second-order valence-corrected chi connectivity index (χ2v) is 3.23. The lowest BCUT2D eigenvalue weighted by Gasteiger charge is -2.10. The van der Waals surface area contributed by atoms with E-state index < -0.39 is 0 Å². The number of nitrogens with two attached hydrogens (primary N) is 1. The quantitative estimate of drug-likeness (QED) is 0.829. The number of rotatable bonds is 4. The first-order valence-corrected chi connectivity index (χ1v) is 4.48. The Morgan fingerprint density at radius 1 is 1.36 bits per heavy atom. The summed E-state index contributed by atoms with van der Waals surface area (Å²) in [6.07, 6.45) is 0.757. The number of ketones is 1. The van der Waals surface area contributed by atoms with E-state index in [1.54, 1.807) is 6.92 Å². The van der Waals surface area contributed by atoms with Crippen molar-refractivity contribution in [1.82, 2.24) is 0 Å². The van der Waals surface area contributed by atoms with Gasteiger partial charge in [-0.1, -0.05) is 30.3 Å². The first-order valence-electron chi connectivity index (χ1n) is 4.48. The van der Waals surface area contributed by atoms with E-state index in [0.717, 1.165) is 6.42 Å². The van der Waals surface area contributed by atoms with Gasteiger partial charge < -0.3 is 5.73 Å². The summed E-state index contributed by atoms with van der Waals surface area (Å²) < 4.78 is 0. The van der Waals surface area contributed by atoms with E-state index >= 15 is 0 Å². The van der Waals surface area contributed by atoms with Crippen LogP contribution in [0.2, 0.25) is 0 Å². The highest BCUT2D eigenvalue weighted by molar-refractivity contribution is 5.85. The zero-order valence-corrected chi connectivity index (χ0v) is 9.09. The Morgan fingerprint density at radius 3 is 2.36 bits per heavy atom. The van der Waals surface area contributed by atoms with Crippen molar-refractivity contribution in [3.63, 3.8) is 0 Å². The normalized spacial score (nSPS) is 11.6. The predicted molar refractivity (Wildman–Crippen MR) is 60.6 cm³/mol. The molecule has 1 aromatic carbocycles. The van der Waals surface area contributed by atoms with Gasteiger partial charge >= 0.3 is 0 Å². The Bertz CT molecular complexity index is 274. The molecule has 2 nitrogen and oxygen atoms in total. The maximum atomic E-state index is 11.1. The van der Waals surface area contributed by atoms with E-state index in [1.165, 1.54) is 5.56 Å². The minimum absolute atomic E-state index is 0. The standard InChI is InChI=1S/C11H15NO.ClH/c1-9(13)11(8-12)7-10-5-3-2-4-6-10;/h2-6,11H,7-8,12H2,1H3;1H. The summed E-state index contributed by atoms with van der Waals surface area (Å²) in [5, 5.41) is 0. The van der Waals surface area contributed by atoms with Crippen LogP contribution in [0.15, 0.2) is 30.3 Å². The number of hydrogen-bond donors (Lipinski definition) is 1. The third-order valence-electron chi connectivity index (χ3n) is 2.18. The molecule has 2 N–H and O–H groups in total. The second-order valence-electron chi connectivity index (χ2n) is 3.23. The molecule has 3 heteroatoms. The molecule has 14 heavy (non-hydrogen) atoms. The third kappa shape index (κ3) is 3.90. The van der Waals surface area contributed by atoms with Gasteiger partial charge in [0.1, 0.15) is 5.78 Å². The van der Waals surface area contributed by atoms with Crippen molar-refractivity contribution in [3.05, 3.63) is 35.9 Å². The first kappa shape index (κ1) is 13.1. The zero-order chi connectivity index (χ0) is 9.68. The molecule has 0 heterocycles. The lowest BCUT2D eigenvalue weighted by atomic mass is 9.96. The van der Waals surface area contributed by atoms with Crippen LogP contribution < -0.4 is 5.73 Å². The SMILES string of the molecule is CC(=O)C(CN)Cc1ccccc1.Cl. The summed E-state index contributed by atoms with van der Waals surface area (Å²) in [6.45, 7) is 2.03. The third-order valence-corrected chi connectivity index (χ3v) is 2.18. The molecule has 0 aliphatic rings. The van der Waals surface area contributed by atoms with E-state index in [-0.39, 0.29) is 24.1 Å². The van der Waals surface area contributed by atoms with Gasteiger partial charge in [0.05, 0.1) is 0 Å². The van der Waals surface area contributed by atoms with Crippen molar-refractivity contribution in [2.45, 2.75) is 13.3 Å². The second kappa shape index (κ2) is 6.57. The van der Waals surface area contributed by atoms with Gasteiger partial charge in [-0.15, -0.1) is 12.4 Å². The van der Waals surface area contributed by atoms with Gasteiger partial charge in [-0.25, -0.2) is 0 Å². The van der Waals surface area contributed by atoms with Crippen molar-refractivity contribution in [2.24, 2.45) is 11.7 Å². The molecule has 78 valence electrons. The summed E-state index contributed by atoms with van der Waals surface area (Å²) in [7, 11) is 0. The van der Waals surface area contributed by atoms with Gasteiger partial charge in [-0.05, 0) is 18.9 Å². The van der Waals surface area contributed by atoms with Gasteiger partial charge in [0.15, 0.2) is 0 Å². The fourth-order valence-corrected chi connectivity index (χ4v) is 1.29. The fraction of sp³-hybridized carbons (Fsp3) is 0.364. The van der Waals surface area contributed by atoms with Crippen LogP contribution in [0.25, 0.3) is 0 Å². The summed E-state index contributed by atoms with van der Waals surface area (Å²) in [5.41, 5.74) is 6.67. The summed E-state index contributed by atoms with van der Waals surface area (Å²) in [5.74, 6) is 0.147. The molecule has 0 radical (unpaired) electrons. The van der Waals surface area contributed by atoms with E-state index in [1.807, 2.05) is 30.3 Å². The van der Waals surface area contributed by atoms with Crippen molar-refractivity contribution in [2.75, 3.05) is 6.54 Å². The average Bonchev–Trinajstić information content (AvgIpc) is 2.15. The van der Waals surface area contributed by atoms with Gasteiger partial charge in [0.25, 0.3) is 0 Å². The Balaban J connectivity index is 0.00000169. The number of Topliss-reactive ketones (excluding diaryl/α,β-unsaturated/α-hetero) is 1. The number of carbonyl (C=O) groups excluding carboxylic acids is 1. The average molecular weight is 214 g/mol. The van der Waals surface area contributed by atoms with E-state index in [9.17, 15) is 4.79 Å². The largest absolute Gasteiger partial charge is 0.330 e. The van der Waals surface area contributed by atoms with Crippen molar-refractivity contribution in [3.8, 4) is 0 Å². The molecule has 1 unspecified atom stereocenters. The van der Waals surface area contributed by atoms with E-state index in [4.69, 9.17) is 5.73 Å². The van der Waals surface area contributed by atoms with Crippen LogP contribution in [0.1, 0.15) is 12.5 Å². The van der Waals surface area contributed by atoms with Crippen LogP contribution >= 0.6 is 12.4 Å². The molecule has 0 fully saturated rings. The molecule has 0 saturated carbocycles. The molecule has 0 aromatic heterocycles. The zero-order valence-electron chi connectivity index (χ0n) is 8.27. The highest BCUT2D eigenvalue weighted by Gasteiger charge is 2.11. The lowest BCUT2D eigenvalue weighted by Crippen LogP contribution is -2.23. The van der Waals surface area contributed by atoms with Crippen LogP contribution in [0.4, 0.5) is 0 Å². The maximum Gasteiger partial charge on any atom is 0.134 e. The molecule has 0 spiro atoms. The van der Waals surface area contributed by atoms with Crippen LogP contribution in [-0.2, 0) is 11.2 Å². The van der Waals surface area contributed by atoms with Crippen LogP contribution in [0, 0.1) is 5.92 Å². The summed E-state index contributed by atoms with van der Waals surface area (Å²) >= 11 is 0. The summed E-state index contributed by atoms with van der Waals surface area (Å²) in [6, 6.07) is 9.96. The molecule has 0 saturated heterocycles. The van der Waals surface area contributed by atoms with E-state index in [0.29, 0.717) is 6.54 Å². The molecular formula is C11H16ClNO. The van der Waals surface area contributed by atoms with Crippen molar-refractivity contribution >= 4 is 18.2 Å². The van der Waals surface area contributed by atoms with Gasteiger partial charge in [-0.3, -0.25) is 4.79 Å². The molecule has 0 aliphatic heterocycles. The smallest absolute Gasteiger partial charge is 0.134 e.